The maximum absolute atomic E-state index is 12.8. The van der Waals surface area contributed by atoms with E-state index in [2.05, 4.69) is 19.9 Å². The first-order valence-electron chi connectivity index (χ1n) is 11.5. The summed E-state index contributed by atoms with van der Waals surface area (Å²) < 4.78 is 31.2. The highest BCUT2D eigenvalue weighted by Gasteiger charge is 2.29. The molecule has 2 aromatic rings. The van der Waals surface area contributed by atoms with Crippen LogP contribution in [0.25, 0.3) is 0 Å². The van der Waals surface area contributed by atoms with Crippen molar-refractivity contribution >= 4 is 33.6 Å². The van der Waals surface area contributed by atoms with E-state index in [9.17, 15) is 13.2 Å². The molecule has 9 nitrogen and oxygen atoms in total. The molecule has 1 aliphatic rings. The van der Waals surface area contributed by atoms with Crippen molar-refractivity contribution in [2.75, 3.05) is 19.3 Å². The molecule has 0 atom stereocenters. The summed E-state index contributed by atoms with van der Waals surface area (Å²) in [6.07, 6.45) is 4.91. The number of rotatable bonds is 7. The smallest absolute Gasteiger partial charge is 0.410 e. The Hall–Kier alpha value is -2.66. The van der Waals surface area contributed by atoms with Gasteiger partial charge in [0.25, 0.3) is 10.0 Å². The topological polar surface area (TPSA) is 114 Å². The Morgan fingerprint density at radius 3 is 2.46 bits per heavy atom. The van der Waals surface area contributed by atoms with Crippen LogP contribution in [0.15, 0.2) is 51.7 Å². The summed E-state index contributed by atoms with van der Waals surface area (Å²) in [4.78, 5) is 25.4. The van der Waals surface area contributed by atoms with Gasteiger partial charge in [-0.2, -0.15) is 13.5 Å². The van der Waals surface area contributed by atoms with Crippen LogP contribution >= 0.6 is 11.8 Å². The second-order valence-corrected chi connectivity index (χ2v) is 11.9. The third kappa shape index (κ3) is 7.93. The zero-order valence-electron chi connectivity index (χ0n) is 20.8. The van der Waals surface area contributed by atoms with Gasteiger partial charge in [-0.1, -0.05) is 29.5 Å². The number of nitrogens with one attached hydrogen (secondary N) is 1. The number of sulfonamides is 1. The predicted molar refractivity (Wildman–Crippen MR) is 137 cm³/mol. The van der Waals surface area contributed by atoms with Crippen molar-refractivity contribution in [3.63, 3.8) is 0 Å². The number of piperidine rings is 1. The minimum atomic E-state index is -3.82. The van der Waals surface area contributed by atoms with Crippen molar-refractivity contribution in [2.24, 2.45) is 11.0 Å². The van der Waals surface area contributed by atoms with E-state index in [-0.39, 0.29) is 16.9 Å². The number of ether oxygens (including phenoxy) is 1. The van der Waals surface area contributed by atoms with Crippen LogP contribution in [-0.2, 0) is 21.2 Å². The molecule has 0 spiro atoms. The van der Waals surface area contributed by atoms with Gasteiger partial charge in [-0.25, -0.2) is 19.6 Å². The SMILES string of the molecule is CSc1nccc(C/C(=N\NS(=O)(=O)c2ccc(C)cc2)C2CCN(C(=O)OC(C)(C)C)CC2)n1. The first kappa shape index (κ1) is 26.9. The van der Waals surface area contributed by atoms with Crippen molar-refractivity contribution in [3.8, 4) is 0 Å². The Morgan fingerprint density at radius 2 is 1.86 bits per heavy atom. The van der Waals surface area contributed by atoms with Crippen LogP contribution in [-0.4, -0.2) is 60.0 Å². The lowest BCUT2D eigenvalue weighted by Crippen LogP contribution is -2.43. The summed E-state index contributed by atoms with van der Waals surface area (Å²) in [5, 5.41) is 5.02. The monoisotopic (exact) mass is 519 g/mol. The van der Waals surface area contributed by atoms with E-state index in [1.54, 1.807) is 41.4 Å². The number of aryl methyl sites for hydroxylation is 1. The van der Waals surface area contributed by atoms with E-state index in [0.29, 0.717) is 43.2 Å². The number of hydrogen-bond acceptors (Lipinski definition) is 8. The fraction of sp³-hybridized carbons (Fsp3) is 0.500. The third-order valence-corrected chi connectivity index (χ3v) is 7.28. The molecule has 1 amide bonds. The maximum atomic E-state index is 12.8. The zero-order valence-corrected chi connectivity index (χ0v) is 22.4. The number of nitrogens with zero attached hydrogens (tertiary/aromatic N) is 4. The molecule has 1 fully saturated rings. The zero-order chi connectivity index (χ0) is 25.6. The minimum absolute atomic E-state index is 0.0119. The van der Waals surface area contributed by atoms with Crippen LogP contribution in [0.2, 0.25) is 0 Å². The van der Waals surface area contributed by atoms with Crippen LogP contribution < -0.4 is 4.83 Å². The number of carbonyl (C=O) groups is 1. The Kier molecular flexibility index (Phi) is 8.76. The van der Waals surface area contributed by atoms with Crippen molar-refractivity contribution in [1.29, 1.82) is 0 Å². The van der Waals surface area contributed by atoms with Gasteiger partial charge in [0.05, 0.1) is 10.6 Å². The molecule has 35 heavy (non-hydrogen) atoms. The Balaban J connectivity index is 1.79. The van der Waals surface area contributed by atoms with Crippen LogP contribution in [0.4, 0.5) is 4.79 Å². The number of amides is 1. The number of likely N-dealkylation sites (tertiary alicyclic amines) is 1. The average Bonchev–Trinajstić information content (AvgIpc) is 2.81. The molecule has 1 aromatic carbocycles. The molecular weight excluding hydrogens is 486 g/mol. The summed E-state index contributed by atoms with van der Waals surface area (Å²) in [5.74, 6) is -0.0119. The number of hydrazone groups is 1. The van der Waals surface area contributed by atoms with E-state index in [1.807, 2.05) is 34.0 Å². The Bertz CT molecular complexity index is 1150. The number of carbonyl (C=O) groups excluding carboxylic acids is 1. The summed E-state index contributed by atoms with van der Waals surface area (Å²) in [5.41, 5.74) is 1.84. The van der Waals surface area contributed by atoms with E-state index in [4.69, 9.17) is 4.74 Å². The van der Waals surface area contributed by atoms with E-state index in [1.165, 1.54) is 11.8 Å². The van der Waals surface area contributed by atoms with Gasteiger partial charge in [0, 0.05) is 37.3 Å². The molecular formula is C24H33N5O4S2. The second kappa shape index (κ2) is 11.4. The molecule has 11 heteroatoms. The van der Waals surface area contributed by atoms with Crippen molar-refractivity contribution in [2.45, 2.75) is 62.6 Å². The van der Waals surface area contributed by atoms with Gasteiger partial charge in [-0.05, 0) is 65.0 Å². The fourth-order valence-electron chi connectivity index (χ4n) is 3.64. The Labute approximate surface area is 211 Å². The molecule has 1 N–H and O–H groups in total. The predicted octanol–water partition coefficient (Wildman–Crippen LogP) is 4.03. The highest BCUT2D eigenvalue weighted by molar-refractivity contribution is 7.98. The summed E-state index contributed by atoms with van der Waals surface area (Å²) >= 11 is 1.44. The molecule has 2 heterocycles. The first-order chi connectivity index (χ1) is 16.5. The molecule has 0 bridgehead atoms. The van der Waals surface area contributed by atoms with Crippen molar-refractivity contribution in [3.05, 3.63) is 47.8 Å². The van der Waals surface area contributed by atoms with Crippen molar-refractivity contribution in [1.82, 2.24) is 19.7 Å². The fourth-order valence-corrected chi connectivity index (χ4v) is 4.86. The third-order valence-electron chi connectivity index (χ3n) is 5.49. The van der Waals surface area contributed by atoms with Gasteiger partial charge in [-0.3, -0.25) is 0 Å². The number of hydrogen-bond donors (Lipinski definition) is 1. The first-order valence-corrected chi connectivity index (χ1v) is 14.2. The Morgan fingerprint density at radius 1 is 1.20 bits per heavy atom. The lowest BCUT2D eigenvalue weighted by molar-refractivity contribution is 0.0201. The summed E-state index contributed by atoms with van der Waals surface area (Å²) in [6.45, 7) is 8.42. The highest BCUT2D eigenvalue weighted by atomic mass is 32.2. The number of aromatic nitrogens is 2. The lowest BCUT2D eigenvalue weighted by Gasteiger charge is -2.33. The van der Waals surface area contributed by atoms with E-state index >= 15 is 0 Å². The van der Waals surface area contributed by atoms with Crippen LogP contribution in [0.1, 0.15) is 44.9 Å². The standard InChI is InChI=1S/C24H33N5O4S2/c1-17-6-8-20(9-7-17)35(31,32)28-27-21(16-19-10-13-25-22(26-19)34-5)18-11-14-29(15-12-18)23(30)33-24(2,3)4/h6-10,13,18,28H,11-12,14-16H2,1-5H3/b27-21+. The number of benzene rings is 1. The van der Waals surface area contributed by atoms with Crippen molar-refractivity contribution < 1.29 is 17.9 Å². The molecule has 190 valence electrons. The van der Waals surface area contributed by atoms with Gasteiger partial charge in [0.2, 0.25) is 0 Å². The normalized spacial score (nSPS) is 15.7. The molecule has 1 aromatic heterocycles. The quantitative estimate of drug-likeness (QED) is 0.254. The summed E-state index contributed by atoms with van der Waals surface area (Å²) in [6, 6.07) is 8.41. The van der Waals surface area contributed by atoms with Gasteiger partial charge < -0.3 is 9.64 Å². The number of thioether (sulfide) groups is 1. The lowest BCUT2D eigenvalue weighted by atomic mass is 9.89. The molecule has 1 saturated heterocycles. The van der Waals surface area contributed by atoms with E-state index in [0.717, 1.165) is 11.3 Å². The molecule has 1 aliphatic heterocycles. The average molecular weight is 520 g/mol. The molecule has 0 radical (unpaired) electrons. The highest BCUT2D eigenvalue weighted by Crippen LogP contribution is 2.23. The largest absolute Gasteiger partial charge is 0.444 e. The molecule has 0 aliphatic carbocycles. The van der Waals surface area contributed by atoms with E-state index < -0.39 is 15.6 Å². The van der Waals surface area contributed by atoms with Gasteiger partial charge in [0.1, 0.15) is 5.60 Å². The van der Waals surface area contributed by atoms with Gasteiger partial charge >= 0.3 is 6.09 Å². The van der Waals surface area contributed by atoms with Gasteiger partial charge in [-0.15, -0.1) is 0 Å². The molecule has 3 rings (SSSR count). The van der Waals surface area contributed by atoms with Crippen LogP contribution in [0.3, 0.4) is 0 Å². The van der Waals surface area contributed by atoms with Gasteiger partial charge in [0.15, 0.2) is 5.16 Å². The summed E-state index contributed by atoms with van der Waals surface area (Å²) in [7, 11) is -3.82. The molecule has 0 unspecified atom stereocenters. The maximum Gasteiger partial charge on any atom is 0.410 e. The molecule has 0 saturated carbocycles. The van der Waals surface area contributed by atoms with Crippen LogP contribution in [0, 0.1) is 12.8 Å². The minimum Gasteiger partial charge on any atom is -0.444 e. The van der Waals surface area contributed by atoms with Crippen LogP contribution in [0.5, 0.6) is 0 Å². The second-order valence-electron chi connectivity index (χ2n) is 9.46.